The number of Topliss-reactive ketones (excluding diaryl/α,β-unsaturated/α-hetero) is 1. The number of hydrogen-bond acceptors (Lipinski definition) is 2. The van der Waals surface area contributed by atoms with Gasteiger partial charge < -0.3 is 4.74 Å². The Morgan fingerprint density at radius 1 is 1.39 bits per heavy atom. The molecule has 2 nitrogen and oxygen atoms in total. The number of carbonyl (C=O) groups excluding carboxylic acids is 1. The molecular weight excluding hydrogens is 245 g/mol. The summed E-state index contributed by atoms with van der Waals surface area (Å²) >= 11 is 0. The molecule has 5 heteroatoms. The second-order valence-electron chi connectivity index (χ2n) is 4.24. The Hall–Kier alpha value is -1.10. The highest BCUT2D eigenvalue weighted by atomic mass is 19.4. The maximum atomic E-state index is 12.7. The standard InChI is InChI=1S/C13H17F3O2/c1-18-9-8-11(17)7-6-10-4-2-3-5-12(10)13(14,15)16/h3,5H,2,4,6-9H2,1H3. The van der Waals surface area contributed by atoms with E-state index in [0.29, 0.717) is 25.0 Å². The fourth-order valence-corrected chi connectivity index (χ4v) is 1.90. The number of ketones is 1. The summed E-state index contributed by atoms with van der Waals surface area (Å²) in [5, 5.41) is 0. The molecule has 0 spiro atoms. The van der Waals surface area contributed by atoms with Crippen LogP contribution >= 0.6 is 0 Å². The van der Waals surface area contributed by atoms with Crippen molar-refractivity contribution in [3.05, 3.63) is 23.3 Å². The average Bonchev–Trinajstić information content (AvgIpc) is 2.33. The molecule has 0 fully saturated rings. The summed E-state index contributed by atoms with van der Waals surface area (Å²) in [6.45, 7) is 0.323. The molecule has 0 aromatic heterocycles. The number of hydrogen-bond donors (Lipinski definition) is 0. The second-order valence-corrected chi connectivity index (χ2v) is 4.24. The van der Waals surface area contributed by atoms with Crippen molar-refractivity contribution in [2.24, 2.45) is 0 Å². The van der Waals surface area contributed by atoms with Crippen molar-refractivity contribution in [3.63, 3.8) is 0 Å². The first-order chi connectivity index (χ1) is 8.45. The molecule has 0 aliphatic heterocycles. The van der Waals surface area contributed by atoms with Gasteiger partial charge in [0, 0.05) is 20.0 Å². The highest BCUT2D eigenvalue weighted by molar-refractivity contribution is 5.78. The minimum absolute atomic E-state index is 0.0552. The van der Waals surface area contributed by atoms with Crippen LogP contribution in [0.25, 0.3) is 0 Å². The fourth-order valence-electron chi connectivity index (χ4n) is 1.90. The zero-order valence-corrected chi connectivity index (χ0v) is 10.3. The van der Waals surface area contributed by atoms with Gasteiger partial charge in [0.2, 0.25) is 0 Å². The van der Waals surface area contributed by atoms with Gasteiger partial charge >= 0.3 is 6.18 Å². The monoisotopic (exact) mass is 262 g/mol. The summed E-state index contributed by atoms with van der Waals surface area (Å²) in [5.41, 5.74) is -0.232. The van der Waals surface area contributed by atoms with E-state index in [4.69, 9.17) is 4.74 Å². The number of alkyl halides is 3. The fraction of sp³-hybridized carbons (Fsp3) is 0.615. The van der Waals surface area contributed by atoms with E-state index < -0.39 is 11.7 Å². The van der Waals surface area contributed by atoms with E-state index in [2.05, 4.69) is 0 Å². The lowest BCUT2D eigenvalue weighted by atomic mass is 9.92. The molecule has 0 amide bonds. The van der Waals surface area contributed by atoms with Gasteiger partial charge in [-0.05, 0) is 19.3 Å². The molecule has 1 rings (SSSR count). The van der Waals surface area contributed by atoms with E-state index in [9.17, 15) is 18.0 Å². The van der Waals surface area contributed by atoms with E-state index in [0.717, 1.165) is 6.08 Å². The molecule has 0 atom stereocenters. The zero-order valence-electron chi connectivity index (χ0n) is 10.3. The van der Waals surface area contributed by atoms with Gasteiger partial charge in [-0.15, -0.1) is 0 Å². The molecule has 18 heavy (non-hydrogen) atoms. The van der Waals surface area contributed by atoms with E-state index >= 15 is 0 Å². The van der Waals surface area contributed by atoms with Crippen LogP contribution in [0.5, 0.6) is 0 Å². The van der Waals surface area contributed by atoms with Gasteiger partial charge in [0.15, 0.2) is 0 Å². The first kappa shape index (κ1) is 15.0. The molecule has 1 aliphatic rings. The Labute approximate surface area is 105 Å². The molecule has 102 valence electrons. The molecule has 0 aromatic carbocycles. The van der Waals surface area contributed by atoms with Gasteiger partial charge in [0.05, 0.1) is 12.2 Å². The van der Waals surface area contributed by atoms with Gasteiger partial charge in [-0.3, -0.25) is 4.79 Å². The number of methoxy groups -OCH3 is 1. The van der Waals surface area contributed by atoms with Crippen LogP contribution in [-0.2, 0) is 9.53 Å². The van der Waals surface area contributed by atoms with E-state index in [1.54, 1.807) is 0 Å². The lowest BCUT2D eigenvalue weighted by Gasteiger charge is -2.18. The molecule has 0 aromatic rings. The summed E-state index contributed by atoms with van der Waals surface area (Å²) in [5.74, 6) is -0.0552. The van der Waals surface area contributed by atoms with Crippen molar-refractivity contribution < 1.29 is 22.7 Å². The van der Waals surface area contributed by atoms with Gasteiger partial charge in [-0.25, -0.2) is 0 Å². The summed E-state index contributed by atoms with van der Waals surface area (Å²) in [4.78, 5) is 11.4. The summed E-state index contributed by atoms with van der Waals surface area (Å²) in [7, 11) is 1.49. The van der Waals surface area contributed by atoms with Crippen LogP contribution in [0.4, 0.5) is 13.2 Å². The van der Waals surface area contributed by atoms with Crippen LogP contribution in [0.2, 0.25) is 0 Å². The first-order valence-corrected chi connectivity index (χ1v) is 5.91. The third-order valence-electron chi connectivity index (χ3n) is 2.87. The topological polar surface area (TPSA) is 26.3 Å². The van der Waals surface area contributed by atoms with Crippen LogP contribution < -0.4 is 0 Å². The lowest BCUT2D eigenvalue weighted by Crippen LogP contribution is -2.15. The second kappa shape index (κ2) is 6.73. The predicted molar refractivity (Wildman–Crippen MR) is 62.2 cm³/mol. The number of ether oxygens (including phenoxy) is 1. The predicted octanol–water partition coefficient (Wildman–Crippen LogP) is 3.58. The van der Waals surface area contributed by atoms with Gasteiger partial charge in [0.25, 0.3) is 0 Å². The molecule has 0 saturated heterocycles. The minimum Gasteiger partial charge on any atom is -0.384 e. The van der Waals surface area contributed by atoms with Crippen LogP contribution in [0.3, 0.4) is 0 Å². The molecule has 0 bridgehead atoms. The van der Waals surface area contributed by atoms with Crippen LogP contribution in [0, 0.1) is 0 Å². The van der Waals surface area contributed by atoms with Gasteiger partial charge in [-0.1, -0.05) is 17.7 Å². The number of halogens is 3. The van der Waals surface area contributed by atoms with Crippen LogP contribution in [0.1, 0.15) is 32.1 Å². The first-order valence-electron chi connectivity index (χ1n) is 5.91. The van der Waals surface area contributed by atoms with E-state index in [1.165, 1.54) is 13.2 Å². The summed E-state index contributed by atoms with van der Waals surface area (Å²) in [6, 6.07) is 0. The molecule has 0 N–H and O–H groups in total. The smallest absolute Gasteiger partial charge is 0.384 e. The Balaban J connectivity index is 2.60. The normalized spacial score (nSPS) is 16.2. The van der Waals surface area contributed by atoms with Crippen molar-refractivity contribution >= 4 is 5.78 Å². The largest absolute Gasteiger partial charge is 0.416 e. The van der Waals surface area contributed by atoms with Crippen molar-refractivity contribution in [3.8, 4) is 0 Å². The maximum Gasteiger partial charge on any atom is 0.416 e. The molecule has 1 aliphatic carbocycles. The molecule has 0 radical (unpaired) electrons. The van der Waals surface area contributed by atoms with Crippen molar-refractivity contribution in [2.45, 2.75) is 38.3 Å². The summed E-state index contributed by atoms with van der Waals surface area (Å²) < 4.78 is 42.9. The van der Waals surface area contributed by atoms with Crippen molar-refractivity contribution in [2.75, 3.05) is 13.7 Å². The molecule has 0 heterocycles. The number of allylic oxidation sites excluding steroid dienone is 4. The number of rotatable bonds is 6. The van der Waals surface area contributed by atoms with Gasteiger partial charge in [-0.2, -0.15) is 13.2 Å². The third-order valence-corrected chi connectivity index (χ3v) is 2.87. The zero-order chi connectivity index (χ0) is 13.6. The Bertz CT molecular complexity index is 354. The Kier molecular flexibility index (Phi) is 5.59. The molecule has 0 unspecified atom stereocenters. The molecular formula is C13H17F3O2. The SMILES string of the molecule is COCCC(=O)CCC1=C(C(F)(F)F)C=CCC1. The van der Waals surface area contributed by atoms with Crippen molar-refractivity contribution in [1.29, 1.82) is 0 Å². The van der Waals surface area contributed by atoms with Crippen LogP contribution in [0.15, 0.2) is 23.3 Å². The average molecular weight is 262 g/mol. The van der Waals surface area contributed by atoms with Crippen molar-refractivity contribution in [1.82, 2.24) is 0 Å². The van der Waals surface area contributed by atoms with Gasteiger partial charge in [0.1, 0.15) is 5.78 Å². The van der Waals surface area contributed by atoms with E-state index in [1.807, 2.05) is 0 Å². The van der Waals surface area contributed by atoms with Crippen LogP contribution in [-0.4, -0.2) is 25.7 Å². The minimum atomic E-state index is -4.32. The molecule has 0 saturated carbocycles. The highest BCUT2D eigenvalue weighted by Gasteiger charge is 2.34. The maximum absolute atomic E-state index is 12.7. The third kappa shape index (κ3) is 4.64. The lowest BCUT2D eigenvalue weighted by molar-refractivity contribution is -0.120. The number of carbonyl (C=O) groups is 1. The Morgan fingerprint density at radius 2 is 2.11 bits per heavy atom. The summed E-state index contributed by atoms with van der Waals surface area (Å²) in [6.07, 6.45) is -0.0434. The Morgan fingerprint density at radius 3 is 2.72 bits per heavy atom. The quantitative estimate of drug-likeness (QED) is 0.731. The highest BCUT2D eigenvalue weighted by Crippen LogP contribution is 2.35. The van der Waals surface area contributed by atoms with E-state index in [-0.39, 0.29) is 25.0 Å².